The first kappa shape index (κ1) is 15.6. The molecule has 0 atom stereocenters. The molecule has 0 unspecified atom stereocenters. The largest absolute Gasteiger partial charge is 0.416 e. The summed E-state index contributed by atoms with van der Waals surface area (Å²) in [7, 11) is 1.42. The Kier molecular flexibility index (Phi) is 4.36. The van der Waals surface area contributed by atoms with Crippen LogP contribution in [0.25, 0.3) is 0 Å². The lowest BCUT2D eigenvalue weighted by atomic mass is 10.2. The molecule has 0 fully saturated rings. The van der Waals surface area contributed by atoms with Crippen molar-refractivity contribution in [3.8, 4) is 0 Å². The van der Waals surface area contributed by atoms with E-state index in [1.807, 2.05) is 0 Å². The molecule has 1 aromatic heterocycles. The Bertz CT molecular complexity index is 657. The first-order chi connectivity index (χ1) is 9.79. The van der Waals surface area contributed by atoms with Gasteiger partial charge in [0.05, 0.1) is 10.5 Å². The maximum Gasteiger partial charge on any atom is 0.416 e. The minimum absolute atomic E-state index is 0.0101. The van der Waals surface area contributed by atoms with Gasteiger partial charge >= 0.3 is 6.18 Å². The first-order valence-corrected chi connectivity index (χ1v) is 6.51. The summed E-state index contributed by atoms with van der Waals surface area (Å²) in [6, 6.07) is 4.37. The Morgan fingerprint density at radius 1 is 1.10 bits per heavy atom. The highest BCUT2D eigenvalue weighted by atomic mass is 32.2. The molecule has 0 amide bonds. The normalized spacial score (nSPS) is 11.5. The zero-order valence-electron chi connectivity index (χ0n) is 10.6. The number of aromatic nitrogens is 1. The van der Waals surface area contributed by atoms with E-state index in [0.717, 1.165) is 30.3 Å². The number of alkyl halides is 3. The van der Waals surface area contributed by atoms with Gasteiger partial charge < -0.3 is 5.32 Å². The Labute approximate surface area is 121 Å². The van der Waals surface area contributed by atoms with Crippen LogP contribution in [-0.2, 0) is 6.18 Å². The summed E-state index contributed by atoms with van der Waals surface area (Å²) in [5.41, 5.74) is -0.916. The van der Waals surface area contributed by atoms with Gasteiger partial charge in [-0.1, -0.05) is 11.8 Å². The number of hydrogen-bond donors (Lipinski definition) is 1. The summed E-state index contributed by atoms with van der Waals surface area (Å²) in [5, 5.41) is 2.41. The number of benzene rings is 1. The van der Waals surface area contributed by atoms with Crippen molar-refractivity contribution in [3.05, 3.63) is 47.5 Å². The number of pyridine rings is 1. The van der Waals surface area contributed by atoms with Crippen molar-refractivity contribution in [2.75, 3.05) is 12.4 Å². The Hall–Kier alpha value is -1.83. The van der Waals surface area contributed by atoms with Gasteiger partial charge in [-0.15, -0.1) is 0 Å². The molecule has 0 aliphatic rings. The van der Waals surface area contributed by atoms with Crippen LogP contribution in [0.15, 0.2) is 40.3 Å². The van der Waals surface area contributed by atoms with E-state index in [1.54, 1.807) is 0 Å². The lowest BCUT2D eigenvalue weighted by Crippen LogP contribution is -2.07. The molecule has 0 saturated carbocycles. The summed E-state index contributed by atoms with van der Waals surface area (Å²) in [6.45, 7) is 0. The van der Waals surface area contributed by atoms with E-state index in [1.165, 1.54) is 7.05 Å². The summed E-state index contributed by atoms with van der Waals surface area (Å²) in [6.07, 6.45) is -4.55. The van der Waals surface area contributed by atoms with E-state index in [-0.39, 0.29) is 15.7 Å². The van der Waals surface area contributed by atoms with Crippen molar-refractivity contribution in [1.82, 2.24) is 4.98 Å². The van der Waals surface area contributed by atoms with E-state index in [0.29, 0.717) is 11.8 Å². The number of nitrogens with zero attached hydrogens (tertiary/aromatic N) is 1. The van der Waals surface area contributed by atoms with Crippen LogP contribution in [0.1, 0.15) is 5.56 Å². The molecular formula is C13H9F5N2S. The van der Waals surface area contributed by atoms with Gasteiger partial charge in [0.15, 0.2) is 0 Å². The molecule has 0 spiro atoms. The minimum Gasteiger partial charge on any atom is -0.373 e. The molecule has 0 bridgehead atoms. The predicted molar refractivity (Wildman–Crippen MR) is 69.3 cm³/mol. The second kappa shape index (κ2) is 5.88. The van der Waals surface area contributed by atoms with E-state index in [4.69, 9.17) is 0 Å². The van der Waals surface area contributed by atoms with E-state index in [2.05, 4.69) is 10.3 Å². The molecule has 21 heavy (non-hydrogen) atoms. The number of nitrogens with one attached hydrogen (secondary N) is 1. The molecule has 112 valence electrons. The quantitative estimate of drug-likeness (QED) is 0.839. The van der Waals surface area contributed by atoms with Crippen LogP contribution in [0.2, 0.25) is 0 Å². The molecule has 1 N–H and O–H groups in total. The second-order valence-corrected chi connectivity index (χ2v) is 5.07. The molecule has 0 aliphatic carbocycles. The minimum atomic E-state index is -4.55. The summed E-state index contributed by atoms with van der Waals surface area (Å²) in [5.74, 6) is -1.42. The van der Waals surface area contributed by atoms with Crippen LogP contribution in [0, 0.1) is 11.6 Å². The van der Waals surface area contributed by atoms with E-state index < -0.39 is 23.4 Å². The van der Waals surface area contributed by atoms with Gasteiger partial charge in [0.1, 0.15) is 22.5 Å². The van der Waals surface area contributed by atoms with Gasteiger partial charge in [0, 0.05) is 7.05 Å². The molecule has 1 aromatic carbocycles. The maximum absolute atomic E-state index is 13.5. The number of hydrogen-bond acceptors (Lipinski definition) is 3. The molecule has 2 aromatic rings. The standard InChI is InChI=1S/C13H9F5N2S/c1-19-11-4-7(13(16,17)18)5-12(20-11)21-10-6-8(14)2-3-9(10)15/h2-6H,1H3,(H,19,20). The van der Waals surface area contributed by atoms with Gasteiger partial charge in [-0.3, -0.25) is 0 Å². The fourth-order valence-corrected chi connectivity index (χ4v) is 2.41. The molecule has 2 rings (SSSR count). The smallest absolute Gasteiger partial charge is 0.373 e. The summed E-state index contributed by atoms with van der Waals surface area (Å²) >= 11 is 0.622. The molecule has 1 heterocycles. The fraction of sp³-hybridized carbons (Fsp3) is 0.154. The van der Waals surface area contributed by atoms with Crippen LogP contribution in [0.4, 0.5) is 27.8 Å². The average molecular weight is 320 g/mol. The highest BCUT2D eigenvalue weighted by Crippen LogP contribution is 2.35. The Balaban J connectivity index is 2.42. The lowest BCUT2D eigenvalue weighted by molar-refractivity contribution is -0.137. The van der Waals surface area contributed by atoms with Crippen molar-refractivity contribution >= 4 is 17.6 Å². The molecule has 2 nitrogen and oxygen atoms in total. The first-order valence-electron chi connectivity index (χ1n) is 5.69. The zero-order chi connectivity index (χ0) is 15.6. The Morgan fingerprint density at radius 3 is 2.43 bits per heavy atom. The number of anilines is 1. The van der Waals surface area contributed by atoms with Crippen LogP contribution >= 0.6 is 11.8 Å². The van der Waals surface area contributed by atoms with Crippen LogP contribution < -0.4 is 5.32 Å². The summed E-state index contributed by atoms with van der Waals surface area (Å²) in [4.78, 5) is 3.76. The number of rotatable bonds is 3. The maximum atomic E-state index is 13.5. The summed E-state index contributed by atoms with van der Waals surface area (Å²) < 4.78 is 64.9. The highest BCUT2D eigenvalue weighted by molar-refractivity contribution is 7.99. The second-order valence-electron chi connectivity index (χ2n) is 4.00. The SMILES string of the molecule is CNc1cc(C(F)(F)F)cc(Sc2cc(F)ccc2F)n1. The Morgan fingerprint density at radius 2 is 1.81 bits per heavy atom. The van der Waals surface area contributed by atoms with Crippen LogP contribution in [0.3, 0.4) is 0 Å². The third-order valence-electron chi connectivity index (χ3n) is 2.49. The monoisotopic (exact) mass is 320 g/mol. The lowest BCUT2D eigenvalue weighted by Gasteiger charge is -2.11. The van der Waals surface area contributed by atoms with Gasteiger partial charge in [-0.25, -0.2) is 13.8 Å². The molecule has 8 heteroatoms. The number of halogens is 5. The van der Waals surface area contributed by atoms with Crippen molar-refractivity contribution in [3.63, 3.8) is 0 Å². The molecule has 0 aliphatic heterocycles. The highest BCUT2D eigenvalue weighted by Gasteiger charge is 2.31. The van der Waals surface area contributed by atoms with Crippen molar-refractivity contribution in [1.29, 1.82) is 0 Å². The third-order valence-corrected chi connectivity index (χ3v) is 3.44. The van der Waals surface area contributed by atoms with Crippen molar-refractivity contribution in [2.24, 2.45) is 0 Å². The van der Waals surface area contributed by atoms with Crippen molar-refractivity contribution < 1.29 is 22.0 Å². The zero-order valence-corrected chi connectivity index (χ0v) is 11.4. The van der Waals surface area contributed by atoms with Crippen molar-refractivity contribution in [2.45, 2.75) is 16.1 Å². The topological polar surface area (TPSA) is 24.9 Å². The third kappa shape index (κ3) is 3.84. The average Bonchev–Trinajstić information content (AvgIpc) is 2.41. The van der Waals surface area contributed by atoms with Gasteiger partial charge in [-0.2, -0.15) is 13.2 Å². The molecule has 0 saturated heterocycles. The predicted octanol–water partition coefficient (Wildman–Crippen LogP) is 4.57. The van der Waals surface area contributed by atoms with Gasteiger partial charge in [0.25, 0.3) is 0 Å². The fourth-order valence-electron chi connectivity index (χ4n) is 1.52. The molecule has 0 radical (unpaired) electrons. The van der Waals surface area contributed by atoms with Crippen LogP contribution in [0.5, 0.6) is 0 Å². The van der Waals surface area contributed by atoms with Gasteiger partial charge in [-0.05, 0) is 30.3 Å². The van der Waals surface area contributed by atoms with E-state index >= 15 is 0 Å². The van der Waals surface area contributed by atoms with Gasteiger partial charge in [0.2, 0.25) is 0 Å². The molecular weight excluding hydrogens is 311 g/mol. The van der Waals surface area contributed by atoms with Crippen LogP contribution in [-0.4, -0.2) is 12.0 Å². The van der Waals surface area contributed by atoms with E-state index in [9.17, 15) is 22.0 Å².